The molecule has 8 nitrogen and oxygen atoms in total. The predicted octanol–water partition coefficient (Wildman–Crippen LogP) is 3.91. The first-order valence-corrected chi connectivity index (χ1v) is 11.5. The molecule has 1 aromatic heterocycles. The third-order valence-corrected chi connectivity index (χ3v) is 5.84. The molecule has 2 heterocycles. The number of carbonyl (C=O) groups is 2. The largest absolute Gasteiger partial charge is 0.361 e. The molecule has 0 unspecified atom stereocenters. The maximum Gasteiger partial charge on any atom is 0.245 e. The molecule has 2 aromatic carbocycles. The van der Waals surface area contributed by atoms with Crippen LogP contribution in [0.3, 0.4) is 0 Å². The lowest BCUT2D eigenvalue weighted by Crippen LogP contribution is -2.36. The fourth-order valence-electron chi connectivity index (χ4n) is 3.86. The smallest absolute Gasteiger partial charge is 0.245 e. The van der Waals surface area contributed by atoms with Crippen molar-refractivity contribution in [1.29, 1.82) is 0 Å². The molecule has 0 spiro atoms. The molecule has 0 saturated carbocycles. The van der Waals surface area contributed by atoms with Gasteiger partial charge in [0.1, 0.15) is 12.0 Å². The molecule has 0 saturated heterocycles. The Bertz CT molecular complexity index is 1180. The monoisotopic (exact) mass is 478 g/mol. The Hall–Kier alpha value is -3.49. The highest BCUT2D eigenvalue weighted by molar-refractivity contribution is 6.30. The van der Waals surface area contributed by atoms with Gasteiger partial charge in [-0.3, -0.25) is 9.59 Å². The van der Waals surface area contributed by atoms with Crippen molar-refractivity contribution in [1.82, 2.24) is 15.3 Å². The van der Waals surface area contributed by atoms with Crippen LogP contribution in [-0.2, 0) is 9.59 Å². The minimum Gasteiger partial charge on any atom is -0.361 e. The average Bonchev–Trinajstić information content (AvgIpc) is 2.80. The van der Waals surface area contributed by atoms with Gasteiger partial charge in [0.25, 0.3) is 0 Å². The number of hydrogen-bond acceptors (Lipinski definition) is 6. The number of likely N-dealkylation sites (N-methyl/N-ethyl adjacent to an activating group) is 1. The van der Waals surface area contributed by atoms with Crippen molar-refractivity contribution >= 4 is 40.6 Å². The Balaban J connectivity index is 1.54. The van der Waals surface area contributed by atoms with Gasteiger partial charge in [0, 0.05) is 35.9 Å². The number of carbonyl (C=O) groups excluding carboxylic acids is 2. The Morgan fingerprint density at radius 1 is 1.12 bits per heavy atom. The summed E-state index contributed by atoms with van der Waals surface area (Å²) in [5.41, 5.74) is 3.91. The summed E-state index contributed by atoms with van der Waals surface area (Å²) < 4.78 is 0. The van der Waals surface area contributed by atoms with Crippen LogP contribution in [0.2, 0.25) is 5.02 Å². The first-order chi connectivity index (χ1) is 16.3. The number of nitrogens with one attached hydrogen (secondary N) is 3. The fourth-order valence-corrected chi connectivity index (χ4v) is 3.99. The van der Waals surface area contributed by atoms with Gasteiger partial charge in [-0.1, -0.05) is 49.7 Å². The number of hydrogen-bond donors (Lipinski definition) is 3. The maximum absolute atomic E-state index is 13.2. The topological polar surface area (TPSA) is 99.2 Å². The zero-order valence-electron chi connectivity index (χ0n) is 19.3. The Kier molecular flexibility index (Phi) is 7.09. The van der Waals surface area contributed by atoms with Gasteiger partial charge in [0.15, 0.2) is 5.82 Å². The van der Waals surface area contributed by atoms with Gasteiger partial charge in [-0.05, 0) is 29.8 Å². The highest BCUT2D eigenvalue weighted by Crippen LogP contribution is 2.35. The highest BCUT2D eigenvalue weighted by atomic mass is 35.5. The summed E-state index contributed by atoms with van der Waals surface area (Å²) in [7, 11) is 1.83. The molecule has 0 aliphatic carbocycles. The number of halogens is 1. The zero-order valence-corrected chi connectivity index (χ0v) is 20.1. The summed E-state index contributed by atoms with van der Waals surface area (Å²) in [6.45, 7) is 4.83. The molecule has 34 heavy (non-hydrogen) atoms. The van der Waals surface area contributed by atoms with Crippen LogP contribution in [0.1, 0.15) is 25.3 Å². The summed E-state index contributed by atoms with van der Waals surface area (Å²) >= 11 is 6.03. The molecule has 4 rings (SSSR count). The number of nitrogens with zero attached hydrogens (tertiary/aromatic N) is 3. The minimum atomic E-state index is -0.370. The van der Waals surface area contributed by atoms with Crippen LogP contribution in [-0.4, -0.2) is 48.0 Å². The van der Waals surface area contributed by atoms with E-state index in [4.69, 9.17) is 11.6 Å². The third-order valence-electron chi connectivity index (χ3n) is 5.59. The van der Waals surface area contributed by atoms with Gasteiger partial charge in [0.2, 0.25) is 11.8 Å². The number of aromatic nitrogens is 2. The second kappa shape index (κ2) is 10.2. The predicted molar refractivity (Wildman–Crippen MR) is 135 cm³/mol. The van der Waals surface area contributed by atoms with E-state index in [0.29, 0.717) is 28.8 Å². The Labute approximate surface area is 203 Å². The lowest BCUT2D eigenvalue weighted by atomic mass is 9.97. The lowest BCUT2D eigenvalue weighted by Gasteiger charge is -2.27. The van der Waals surface area contributed by atoms with Crippen LogP contribution >= 0.6 is 11.6 Å². The molecule has 0 fully saturated rings. The van der Waals surface area contributed by atoms with Crippen LogP contribution in [0, 0.1) is 0 Å². The molecule has 9 heteroatoms. The van der Waals surface area contributed by atoms with E-state index < -0.39 is 0 Å². The van der Waals surface area contributed by atoms with E-state index in [2.05, 4.69) is 25.9 Å². The minimum absolute atomic E-state index is 0.106. The molecule has 3 aromatic rings. The van der Waals surface area contributed by atoms with Crippen molar-refractivity contribution in [2.75, 3.05) is 35.7 Å². The van der Waals surface area contributed by atoms with Gasteiger partial charge in [-0.15, -0.1) is 0 Å². The van der Waals surface area contributed by atoms with E-state index in [9.17, 15) is 9.59 Å². The van der Waals surface area contributed by atoms with Crippen molar-refractivity contribution in [3.8, 4) is 11.3 Å². The maximum atomic E-state index is 13.2. The van der Waals surface area contributed by atoms with E-state index in [0.717, 1.165) is 16.8 Å². The molecule has 176 valence electrons. The fraction of sp³-hybridized carbons (Fsp3) is 0.280. The Morgan fingerprint density at radius 2 is 1.82 bits per heavy atom. The summed E-state index contributed by atoms with van der Waals surface area (Å²) in [4.78, 5) is 35.5. The third kappa shape index (κ3) is 5.35. The first kappa shape index (κ1) is 23.7. The molecule has 1 atom stereocenters. The Morgan fingerprint density at radius 3 is 2.50 bits per heavy atom. The molecule has 1 aliphatic heterocycles. The SMILES string of the molecule is CC(C)NC[C@@H](C(=O)Nc1ccc(-c2ncnc3c2N(C)CC(=O)N3)cc1)c1ccc(Cl)cc1. The summed E-state index contributed by atoms with van der Waals surface area (Å²) in [6, 6.07) is 15.1. The van der Waals surface area contributed by atoms with Crippen LogP contribution in [0.15, 0.2) is 54.9 Å². The molecule has 3 N–H and O–H groups in total. The normalized spacial score (nSPS) is 13.9. The number of rotatable bonds is 7. The number of fused-ring (bicyclic) bond motifs is 1. The van der Waals surface area contributed by atoms with Gasteiger partial charge in [-0.2, -0.15) is 0 Å². The van der Waals surface area contributed by atoms with E-state index in [-0.39, 0.29) is 30.3 Å². The molecule has 1 aliphatic rings. The van der Waals surface area contributed by atoms with E-state index in [1.54, 1.807) is 12.1 Å². The second-order valence-corrected chi connectivity index (χ2v) is 8.99. The van der Waals surface area contributed by atoms with Crippen molar-refractivity contribution < 1.29 is 9.59 Å². The van der Waals surface area contributed by atoms with Crippen molar-refractivity contribution in [2.45, 2.75) is 25.8 Å². The van der Waals surface area contributed by atoms with Crippen LogP contribution in [0.5, 0.6) is 0 Å². The van der Waals surface area contributed by atoms with Crippen LogP contribution in [0.25, 0.3) is 11.3 Å². The number of amides is 2. The van der Waals surface area contributed by atoms with Crippen molar-refractivity contribution in [2.24, 2.45) is 0 Å². The quantitative estimate of drug-likeness (QED) is 0.476. The zero-order chi connectivity index (χ0) is 24.2. The van der Waals surface area contributed by atoms with Crippen molar-refractivity contribution in [3.05, 3.63) is 65.4 Å². The van der Waals surface area contributed by atoms with E-state index >= 15 is 0 Å². The van der Waals surface area contributed by atoms with Crippen molar-refractivity contribution in [3.63, 3.8) is 0 Å². The molecular weight excluding hydrogens is 452 g/mol. The molecular formula is C25H27ClN6O2. The van der Waals surface area contributed by atoms with E-state index in [1.807, 2.05) is 62.2 Å². The molecule has 0 bridgehead atoms. The van der Waals surface area contributed by atoms with E-state index in [1.165, 1.54) is 6.33 Å². The van der Waals surface area contributed by atoms with Gasteiger partial charge in [0.05, 0.1) is 18.2 Å². The summed E-state index contributed by atoms with van der Waals surface area (Å²) in [5.74, 6) is -0.0972. The standard InChI is InChI=1S/C25H27ClN6O2/c1-15(2)27-12-20(16-4-8-18(26)9-5-16)25(34)30-19-10-6-17(7-11-19)22-23-24(29-14-28-22)31-21(33)13-32(23)3/h4-11,14-15,20,27H,12-13H2,1-3H3,(H,30,34)(H,28,29,31,33)/t20-/m1/s1. The van der Waals surface area contributed by atoms with Crippen LogP contribution in [0.4, 0.5) is 17.2 Å². The first-order valence-electron chi connectivity index (χ1n) is 11.1. The van der Waals surface area contributed by atoms with Crippen LogP contribution < -0.4 is 20.9 Å². The number of benzene rings is 2. The highest BCUT2D eigenvalue weighted by Gasteiger charge is 2.25. The molecule has 2 amide bonds. The second-order valence-electron chi connectivity index (χ2n) is 8.56. The average molecular weight is 479 g/mol. The summed E-state index contributed by atoms with van der Waals surface area (Å²) in [5, 5.41) is 9.79. The lowest BCUT2D eigenvalue weighted by molar-refractivity contribution is -0.117. The van der Waals surface area contributed by atoms with Gasteiger partial charge in [-0.25, -0.2) is 9.97 Å². The van der Waals surface area contributed by atoms with Gasteiger partial charge < -0.3 is 20.9 Å². The number of anilines is 3. The van der Waals surface area contributed by atoms with Gasteiger partial charge >= 0.3 is 0 Å². The summed E-state index contributed by atoms with van der Waals surface area (Å²) in [6.07, 6.45) is 1.43. The molecule has 0 radical (unpaired) electrons.